The molecule has 3 aromatic rings. The number of aromatic nitrogens is 2. The summed E-state index contributed by atoms with van der Waals surface area (Å²) in [5, 5.41) is 8.18. The fraction of sp³-hybridized carbons (Fsp3) is 0.238. The first-order valence-corrected chi connectivity index (χ1v) is 10.4. The van der Waals surface area contributed by atoms with Gasteiger partial charge in [0.1, 0.15) is 5.82 Å². The molecule has 1 N–H and O–H groups in total. The summed E-state index contributed by atoms with van der Waals surface area (Å²) in [6.07, 6.45) is 0. The zero-order valence-electron chi connectivity index (χ0n) is 16.2. The third kappa shape index (κ3) is 3.56. The summed E-state index contributed by atoms with van der Waals surface area (Å²) >= 11 is 7.72. The third-order valence-electron chi connectivity index (χ3n) is 4.78. The fourth-order valence-corrected chi connectivity index (χ4v) is 4.93. The number of fused-ring (bicyclic) bond motifs is 1. The summed E-state index contributed by atoms with van der Waals surface area (Å²) in [6.45, 7) is 1.94. The standard InChI is InChI=1S/C21H20ClN3O3S/c1-12-18-20(15-8-5-9-16(27-2)19(15)28-3)29-11-17(26)23-21(18)25(24-12)14-7-4-6-13(22)10-14/h4-10,20H,11H2,1-3H3,(H,23,26)/t20-/m0/s1. The lowest BCUT2D eigenvalue weighted by Crippen LogP contribution is -2.15. The van der Waals surface area contributed by atoms with Crippen molar-refractivity contribution in [2.45, 2.75) is 12.2 Å². The van der Waals surface area contributed by atoms with Crippen LogP contribution in [0.2, 0.25) is 5.02 Å². The highest BCUT2D eigenvalue weighted by atomic mass is 35.5. The van der Waals surface area contributed by atoms with E-state index in [9.17, 15) is 4.79 Å². The number of nitrogens with zero attached hydrogens (tertiary/aromatic N) is 2. The SMILES string of the molecule is COc1cccc([C@@H]2SCC(=O)Nc3c2c(C)nn3-c2cccc(Cl)c2)c1OC. The number of methoxy groups -OCH3 is 2. The van der Waals surface area contributed by atoms with Crippen LogP contribution >= 0.6 is 23.4 Å². The summed E-state index contributed by atoms with van der Waals surface area (Å²) in [7, 11) is 3.23. The van der Waals surface area contributed by atoms with E-state index in [1.165, 1.54) is 11.8 Å². The molecule has 2 heterocycles. The highest BCUT2D eigenvalue weighted by molar-refractivity contribution is 8.00. The lowest BCUT2D eigenvalue weighted by molar-refractivity contribution is -0.113. The van der Waals surface area contributed by atoms with E-state index in [1.54, 1.807) is 25.0 Å². The second-order valence-corrected chi connectivity index (χ2v) is 8.09. The highest BCUT2D eigenvalue weighted by Crippen LogP contribution is 2.48. The molecule has 8 heteroatoms. The molecule has 0 saturated heterocycles. The van der Waals surface area contributed by atoms with Crippen molar-refractivity contribution < 1.29 is 14.3 Å². The van der Waals surface area contributed by atoms with Crippen LogP contribution in [-0.4, -0.2) is 35.7 Å². The minimum atomic E-state index is -0.151. The van der Waals surface area contributed by atoms with Crippen LogP contribution in [0.3, 0.4) is 0 Å². The second kappa shape index (κ2) is 8.00. The summed E-state index contributed by atoms with van der Waals surface area (Å²) in [5.41, 5.74) is 3.48. The van der Waals surface area contributed by atoms with Gasteiger partial charge < -0.3 is 14.8 Å². The molecule has 0 aliphatic carbocycles. The normalized spacial score (nSPS) is 16.0. The first kappa shape index (κ1) is 19.7. The van der Waals surface area contributed by atoms with E-state index in [0.717, 1.165) is 22.5 Å². The number of carbonyl (C=O) groups excluding carboxylic acids is 1. The number of rotatable bonds is 4. The van der Waals surface area contributed by atoms with Crippen molar-refractivity contribution in [2.24, 2.45) is 0 Å². The fourth-order valence-electron chi connectivity index (χ4n) is 3.54. The van der Waals surface area contributed by atoms with Crippen molar-refractivity contribution in [1.82, 2.24) is 9.78 Å². The monoisotopic (exact) mass is 429 g/mol. The zero-order valence-corrected chi connectivity index (χ0v) is 17.8. The Kier molecular flexibility index (Phi) is 5.43. The second-order valence-electron chi connectivity index (χ2n) is 6.56. The van der Waals surface area contributed by atoms with Gasteiger partial charge in [0.05, 0.1) is 36.6 Å². The molecule has 6 nitrogen and oxygen atoms in total. The Hall–Kier alpha value is -2.64. The van der Waals surface area contributed by atoms with Crippen LogP contribution in [0.5, 0.6) is 11.5 Å². The topological polar surface area (TPSA) is 65.4 Å². The molecule has 150 valence electrons. The molecule has 1 aromatic heterocycles. The Morgan fingerprint density at radius 3 is 2.72 bits per heavy atom. The van der Waals surface area contributed by atoms with Crippen LogP contribution in [0.15, 0.2) is 42.5 Å². The van der Waals surface area contributed by atoms with Crippen LogP contribution in [-0.2, 0) is 4.79 Å². The van der Waals surface area contributed by atoms with E-state index >= 15 is 0 Å². The highest BCUT2D eigenvalue weighted by Gasteiger charge is 2.32. The maximum absolute atomic E-state index is 12.5. The van der Waals surface area contributed by atoms with Gasteiger partial charge in [0.25, 0.3) is 0 Å². The molecule has 29 heavy (non-hydrogen) atoms. The number of hydrogen-bond acceptors (Lipinski definition) is 5. The van der Waals surface area contributed by atoms with Crippen LogP contribution in [0.25, 0.3) is 5.69 Å². The molecule has 0 saturated carbocycles. The van der Waals surface area contributed by atoms with Crippen molar-refractivity contribution in [3.8, 4) is 17.2 Å². The van der Waals surface area contributed by atoms with Gasteiger partial charge in [-0.05, 0) is 31.2 Å². The van der Waals surface area contributed by atoms with E-state index in [2.05, 4.69) is 5.32 Å². The molecule has 1 atom stereocenters. The molecule has 0 unspecified atom stereocenters. The Bertz CT molecular complexity index is 1080. The summed E-state index contributed by atoms with van der Waals surface area (Å²) < 4.78 is 12.9. The van der Waals surface area contributed by atoms with Gasteiger partial charge in [-0.15, -0.1) is 11.8 Å². The molecule has 4 rings (SSSR count). The lowest BCUT2D eigenvalue weighted by atomic mass is 10.0. The zero-order chi connectivity index (χ0) is 20.5. The van der Waals surface area contributed by atoms with E-state index < -0.39 is 0 Å². The van der Waals surface area contributed by atoms with Gasteiger partial charge in [0.2, 0.25) is 5.91 Å². The van der Waals surface area contributed by atoms with Gasteiger partial charge in [-0.1, -0.05) is 29.8 Å². The van der Waals surface area contributed by atoms with E-state index in [0.29, 0.717) is 28.1 Å². The number of benzene rings is 2. The van der Waals surface area contributed by atoms with Gasteiger partial charge in [-0.3, -0.25) is 4.79 Å². The third-order valence-corrected chi connectivity index (χ3v) is 6.26. The van der Waals surface area contributed by atoms with Gasteiger partial charge in [-0.25, -0.2) is 4.68 Å². The first-order valence-electron chi connectivity index (χ1n) is 9.01. The largest absolute Gasteiger partial charge is 0.493 e. The molecule has 1 aliphatic rings. The number of thioether (sulfide) groups is 1. The molecular formula is C21H20ClN3O3S. The smallest absolute Gasteiger partial charge is 0.235 e. The molecule has 1 aliphatic heterocycles. The summed E-state index contributed by atoms with van der Waals surface area (Å²) in [5.74, 6) is 2.19. The number of ether oxygens (including phenoxy) is 2. The summed E-state index contributed by atoms with van der Waals surface area (Å²) in [4.78, 5) is 12.5. The van der Waals surface area contributed by atoms with Crippen LogP contribution in [0.1, 0.15) is 22.1 Å². The van der Waals surface area contributed by atoms with Crippen molar-refractivity contribution in [3.05, 3.63) is 64.3 Å². The Morgan fingerprint density at radius 1 is 1.21 bits per heavy atom. The van der Waals surface area contributed by atoms with E-state index in [-0.39, 0.29) is 11.2 Å². The first-order chi connectivity index (χ1) is 14.0. The summed E-state index contributed by atoms with van der Waals surface area (Å²) in [6, 6.07) is 13.2. The number of amides is 1. The minimum Gasteiger partial charge on any atom is -0.493 e. The predicted molar refractivity (Wildman–Crippen MR) is 116 cm³/mol. The van der Waals surface area contributed by atoms with Crippen molar-refractivity contribution >= 4 is 35.1 Å². The predicted octanol–water partition coefficient (Wildman–Crippen LogP) is 4.63. The number of para-hydroxylation sites is 1. The average Bonchev–Trinajstić information content (AvgIpc) is 2.92. The van der Waals surface area contributed by atoms with Gasteiger partial charge in [0, 0.05) is 16.1 Å². The Morgan fingerprint density at radius 2 is 2.00 bits per heavy atom. The van der Waals surface area contributed by atoms with Gasteiger partial charge in [0.15, 0.2) is 11.5 Å². The number of hydrogen-bond donors (Lipinski definition) is 1. The van der Waals surface area contributed by atoms with E-state index in [1.807, 2.05) is 43.3 Å². The van der Waals surface area contributed by atoms with Crippen LogP contribution < -0.4 is 14.8 Å². The molecule has 1 amide bonds. The molecule has 0 fully saturated rings. The van der Waals surface area contributed by atoms with E-state index in [4.69, 9.17) is 26.2 Å². The molecule has 0 radical (unpaired) electrons. The quantitative estimate of drug-likeness (QED) is 0.655. The maximum Gasteiger partial charge on any atom is 0.235 e. The molecule has 0 spiro atoms. The number of anilines is 1. The Labute approximate surface area is 178 Å². The van der Waals surface area contributed by atoms with Crippen LogP contribution in [0, 0.1) is 6.92 Å². The Balaban J connectivity index is 1.93. The van der Waals surface area contributed by atoms with Gasteiger partial charge in [-0.2, -0.15) is 5.10 Å². The van der Waals surface area contributed by atoms with Crippen molar-refractivity contribution in [2.75, 3.05) is 25.3 Å². The molecule has 0 bridgehead atoms. The van der Waals surface area contributed by atoms with Crippen molar-refractivity contribution in [1.29, 1.82) is 0 Å². The molecule has 2 aromatic carbocycles. The molecular weight excluding hydrogens is 410 g/mol. The number of nitrogens with one attached hydrogen (secondary N) is 1. The van der Waals surface area contributed by atoms with Crippen molar-refractivity contribution in [3.63, 3.8) is 0 Å². The minimum absolute atomic E-state index is 0.0798. The number of carbonyl (C=O) groups is 1. The lowest BCUT2D eigenvalue weighted by Gasteiger charge is -2.20. The van der Waals surface area contributed by atoms with Crippen LogP contribution in [0.4, 0.5) is 5.82 Å². The number of aryl methyl sites for hydroxylation is 1. The number of halogens is 1. The average molecular weight is 430 g/mol. The maximum atomic E-state index is 12.5. The van der Waals surface area contributed by atoms with Gasteiger partial charge >= 0.3 is 0 Å².